The molecule has 0 aliphatic carbocycles. The predicted octanol–water partition coefficient (Wildman–Crippen LogP) is 0.174. The Bertz CT molecular complexity index is 269. The highest BCUT2D eigenvalue weighted by Crippen LogP contribution is 2.28. The SMILES string of the molecule is CCNC(=S)NC[C@H]1C[C@@H]2CC[NH+]1C[C@@H]2CC. The summed E-state index contributed by atoms with van der Waals surface area (Å²) < 4.78 is 0. The Hall–Kier alpha value is -0.350. The largest absolute Gasteiger partial charge is 0.363 e. The van der Waals surface area contributed by atoms with E-state index in [4.69, 9.17) is 12.2 Å². The number of piperidine rings is 3. The van der Waals surface area contributed by atoms with Gasteiger partial charge in [0.15, 0.2) is 5.11 Å². The normalized spacial score (nSPS) is 35.6. The van der Waals surface area contributed by atoms with Crippen molar-refractivity contribution >= 4 is 17.3 Å². The first kappa shape index (κ1) is 13.1. The van der Waals surface area contributed by atoms with Gasteiger partial charge in [-0.05, 0) is 31.5 Å². The Labute approximate surface area is 110 Å². The van der Waals surface area contributed by atoms with E-state index >= 15 is 0 Å². The Kier molecular flexibility index (Phi) is 4.62. The van der Waals surface area contributed by atoms with Gasteiger partial charge in [-0.2, -0.15) is 0 Å². The third kappa shape index (κ3) is 3.10. The van der Waals surface area contributed by atoms with E-state index in [0.717, 1.165) is 36.1 Å². The first-order valence-corrected chi connectivity index (χ1v) is 7.51. The minimum Gasteiger partial charge on any atom is -0.363 e. The van der Waals surface area contributed by atoms with Gasteiger partial charge in [0.1, 0.15) is 6.04 Å². The van der Waals surface area contributed by atoms with Crippen LogP contribution in [0.15, 0.2) is 0 Å². The van der Waals surface area contributed by atoms with Gasteiger partial charge in [-0.25, -0.2) is 0 Å². The molecular formula is C13H26N3S+. The van der Waals surface area contributed by atoms with Crippen LogP contribution in [-0.2, 0) is 0 Å². The highest BCUT2D eigenvalue weighted by atomic mass is 32.1. The molecule has 3 nitrogen and oxygen atoms in total. The van der Waals surface area contributed by atoms with Crippen LogP contribution < -0.4 is 15.5 Å². The number of hydrogen-bond acceptors (Lipinski definition) is 1. The van der Waals surface area contributed by atoms with Crippen molar-refractivity contribution in [2.75, 3.05) is 26.2 Å². The van der Waals surface area contributed by atoms with Gasteiger partial charge in [0.05, 0.1) is 19.6 Å². The fourth-order valence-electron chi connectivity index (χ4n) is 3.57. The van der Waals surface area contributed by atoms with Crippen molar-refractivity contribution in [2.24, 2.45) is 11.8 Å². The fourth-order valence-corrected chi connectivity index (χ4v) is 3.80. The molecule has 3 rings (SSSR count). The molecule has 0 radical (unpaired) electrons. The van der Waals surface area contributed by atoms with E-state index in [0.29, 0.717) is 0 Å². The molecule has 3 aliphatic rings. The van der Waals surface area contributed by atoms with E-state index < -0.39 is 0 Å². The van der Waals surface area contributed by atoms with Gasteiger partial charge in [-0.3, -0.25) is 0 Å². The van der Waals surface area contributed by atoms with E-state index in [1.54, 1.807) is 0 Å². The molecule has 0 aromatic carbocycles. The van der Waals surface area contributed by atoms with Crippen molar-refractivity contribution in [3.63, 3.8) is 0 Å². The zero-order valence-electron chi connectivity index (χ0n) is 11.1. The molecule has 4 atom stereocenters. The van der Waals surface area contributed by atoms with E-state index in [1.807, 2.05) is 4.90 Å². The lowest BCUT2D eigenvalue weighted by Gasteiger charge is -2.46. The summed E-state index contributed by atoms with van der Waals surface area (Å²) >= 11 is 5.22. The molecule has 0 aromatic rings. The number of fused-ring (bicyclic) bond motifs is 3. The van der Waals surface area contributed by atoms with Crippen LogP contribution in [0.5, 0.6) is 0 Å². The number of nitrogens with one attached hydrogen (secondary N) is 3. The summed E-state index contributed by atoms with van der Waals surface area (Å²) in [5.41, 5.74) is 0. The molecular weight excluding hydrogens is 230 g/mol. The monoisotopic (exact) mass is 256 g/mol. The van der Waals surface area contributed by atoms with Crippen molar-refractivity contribution in [3.05, 3.63) is 0 Å². The molecule has 98 valence electrons. The smallest absolute Gasteiger partial charge is 0.166 e. The summed E-state index contributed by atoms with van der Waals surface area (Å²) in [6.07, 6.45) is 4.21. The number of quaternary nitrogens is 1. The van der Waals surface area contributed by atoms with Gasteiger partial charge in [0.25, 0.3) is 0 Å². The lowest BCUT2D eigenvalue weighted by molar-refractivity contribution is -0.945. The average molecular weight is 256 g/mol. The summed E-state index contributed by atoms with van der Waals surface area (Å²) in [5, 5.41) is 7.35. The second-order valence-corrected chi connectivity index (χ2v) is 5.91. The molecule has 2 bridgehead atoms. The number of thiocarbonyl (C=S) groups is 1. The fraction of sp³-hybridized carbons (Fsp3) is 0.923. The lowest BCUT2D eigenvalue weighted by Crippen LogP contribution is -3.20. The maximum Gasteiger partial charge on any atom is 0.166 e. The summed E-state index contributed by atoms with van der Waals surface area (Å²) in [5.74, 6) is 1.97. The standard InChI is InChI=1S/C13H25N3S/c1-3-10-9-16-6-5-11(10)7-12(16)8-15-13(17)14-4-2/h10-12H,3-9H2,1-2H3,(H2,14,15,17)/p+1/t10-,11-,12+/m0/s1. The molecule has 0 aromatic heterocycles. The van der Waals surface area contributed by atoms with Crippen molar-refractivity contribution < 1.29 is 4.90 Å². The molecule has 0 amide bonds. The molecule has 3 aliphatic heterocycles. The van der Waals surface area contributed by atoms with Gasteiger partial charge in [-0.15, -0.1) is 0 Å². The van der Waals surface area contributed by atoms with E-state index in [9.17, 15) is 0 Å². The van der Waals surface area contributed by atoms with Gasteiger partial charge >= 0.3 is 0 Å². The maximum atomic E-state index is 5.22. The minimum atomic E-state index is 0.785. The molecule has 1 unspecified atom stereocenters. The topological polar surface area (TPSA) is 28.5 Å². The van der Waals surface area contributed by atoms with Gasteiger partial charge in [0.2, 0.25) is 0 Å². The third-order valence-corrected chi connectivity index (χ3v) is 4.85. The summed E-state index contributed by atoms with van der Waals surface area (Å²) in [4.78, 5) is 1.81. The molecule has 3 N–H and O–H groups in total. The molecule has 4 heteroatoms. The first-order valence-electron chi connectivity index (χ1n) is 7.10. The zero-order chi connectivity index (χ0) is 12.3. The van der Waals surface area contributed by atoms with Crippen LogP contribution in [0.3, 0.4) is 0 Å². The molecule has 17 heavy (non-hydrogen) atoms. The van der Waals surface area contributed by atoms with Crippen LogP contribution >= 0.6 is 12.2 Å². The molecule has 0 saturated carbocycles. The predicted molar refractivity (Wildman–Crippen MR) is 75.3 cm³/mol. The quantitative estimate of drug-likeness (QED) is 0.627. The molecule has 3 saturated heterocycles. The summed E-state index contributed by atoms with van der Waals surface area (Å²) in [7, 11) is 0. The number of rotatable bonds is 4. The van der Waals surface area contributed by atoms with E-state index in [2.05, 4.69) is 24.5 Å². The van der Waals surface area contributed by atoms with Crippen molar-refractivity contribution in [2.45, 2.75) is 39.2 Å². The zero-order valence-corrected chi connectivity index (χ0v) is 11.9. The highest BCUT2D eigenvalue weighted by molar-refractivity contribution is 7.80. The number of hydrogen-bond donors (Lipinski definition) is 3. The second kappa shape index (κ2) is 6.01. The van der Waals surface area contributed by atoms with Crippen LogP contribution in [0.4, 0.5) is 0 Å². The van der Waals surface area contributed by atoms with Crippen LogP contribution in [0.2, 0.25) is 0 Å². The van der Waals surface area contributed by atoms with Crippen LogP contribution in [0, 0.1) is 11.8 Å². The Morgan fingerprint density at radius 3 is 2.76 bits per heavy atom. The van der Waals surface area contributed by atoms with Crippen LogP contribution in [-0.4, -0.2) is 37.3 Å². The Morgan fingerprint density at radius 1 is 1.35 bits per heavy atom. The van der Waals surface area contributed by atoms with Crippen molar-refractivity contribution in [3.8, 4) is 0 Å². The first-order chi connectivity index (χ1) is 8.24. The van der Waals surface area contributed by atoms with Crippen LogP contribution in [0.25, 0.3) is 0 Å². The molecule has 3 heterocycles. The van der Waals surface area contributed by atoms with Crippen molar-refractivity contribution in [1.29, 1.82) is 0 Å². The molecule has 0 spiro atoms. The molecule has 3 fully saturated rings. The Morgan fingerprint density at radius 2 is 2.18 bits per heavy atom. The van der Waals surface area contributed by atoms with Crippen LogP contribution in [0.1, 0.15) is 33.1 Å². The second-order valence-electron chi connectivity index (χ2n) is 5.50. The van der Waals surface area contributed by atoms with Gasteiger partial charge < -0.3 is 15.5 Å². The minimum absolute atomic E-state index is 0.785. The third-order valence-electron chi connectivity index (χ3n) is 4.56. The Balaban J connectivity index is 1.78. The highest BCUT2D eigenvalue weighted by Gasteiger charge is 2.42. The van der Waals surface area contributed by atoms with E-state index in [1.165, 1.54) is 32.4 Å². The van der Waals surface area contributed by atoms with Gasteiger partial charge in [0, 0.05) is 25.3 Å². The van der Waals surface area contributed by atoms with E-state index in [-0.39, 0.29) is 0 Å². The lowest BCUT2D eigenvalue weighted by atomic mass is 9.74. The van der Waals surface area contributed by atoms with Crippen molar-refractivity contribution in [1.82, 2.24) is 10.6 Å². The summed E-state index contributed by atoms with van der Waals surface area (Å²) in [6.45, 7) is 9.15. The maximum absolute atomic E-state index is 5.22. The van der Waals surface area contributed by atoms with Gasteiger partial charge in [-0.1, -0.05) is 6.92 Å². The summed E-state index contributed by atoms with van der Waals surface area (Å²) in [6, 6.07) is 0.785. The average Bonchev–Trinajstić information content (AvgIpc) is 2.37.